The number of hydrogen-bond donors (Lipinski definition) is 1. The highest BCUT2D eigenvalue weighted by atomic mass is 32.2. The number of rotatable bonds is 4. The fourth-order valence-corrected chi connectivity index (χ4v) is 5.19. The van der Waals surface area contributed by atoms with E-state index in [1.807, 2.05) is 6.92 Å². The van der Waals surface area contributed by atoms with E-state index in [2.05, 4.69) is 10.3 Å². The standard InChI is InChI=1S/C11H16N2O4S2/c1-8-5-6-10(18-8)19(15,16)13-7-3-4-9(13)11(14)12-17-2/h5-6,9H,3-4,7H2,1-2H3,(H,12,14). The van der Waals surface area contributed by atoms with Crippen molar-refractivity contribution in [1.82, 2.24) is 9.79 Å². The maximum absolute atomic E-state index is 12.5. The molecule has 0 aromatic carbocycles. The number of aryl methyl sites for hydroxylation is 1. The summed E-state index contributed by atoms with van der Waals surface area (Å²) in [6, 6.07) is 2.66. The molecule has 8 heteroatoms. The minimum atomic E-state index is -3.59. The first-order valence-corrected chi connectivity index (χ1v) is 8.13. The number of nitrogens with zero attached hydrogens (tertiary/aromatic N) is 1. The lowest BCUT2D eigenvalue weighted by atomic mass is 10.2. The zero-order chi connectivity index (χ0) is 14.0. The van der Waals surface area contributed by atoms with Gasteiger partial charge in [-0.2, -0.15) is 4.31 Å². The summed E-state index contributed by atoms with van der Waals surface area (Å²) in [5.74, 6) is -0.420. The van der Waals surface area contributed by atoms with Crippen LogP contribution in [-0.4, -0.2) is 38.3 Å². The van der Waals surface area contributed by atoms with Gasteiger partial charge in [0.2, 0.25) is 0 Å². The third-order valence-corrected chi connectivity index (χ3v) is 6.36. The molecule has 0 bridgehead atoms. The quantitative estimate of drug-likeness (QED) is 0.838. The Bertz CT molecular complexity index is 567. The smallest absolute Gasteiger partial charge is 0.261 e. The van der Waals surface area contributed by atoms with Crippen LogP contribution < -0.4 is 5.48 Å². The molecule has 1 atom stereocenters. The third kappa shape index (κ3) is 2.81. The van der Waals surface area contributed by atoms with Crippen molar-refractivity contribution in [2.45, 2.75) is 30.0 Å². The van der Waals surface area contributed by atoms with Gasteiger partial charge in [0.25, 0.3) is 15.9 Å². The number of carbonyl (C=O) groups excluding carboxylic acids is 1. The molecular weight excluding hydrogens is 288 g/mol. The van der Waals surface area contributed by atoms with E-state index >= 15 is 0 Å². The first kappa shape index (κ1) is 14.4. The maximum Gasteiger partial charge on any atom is 0.261 e. The van der Waals surface area contributed by atoms with Gasteiger partial charge in [-0.1, -0.05) is 0 Å². The Morgan fingerprint density at radius 3 is 2.84 bits per heavy atom. The van der Waals surface area contributed by atoms with Gasteiger partial charge in [-0.05, 0) is 31.9 Å². The maximum atomic E-state index is 12.5. The summed E-state index contributed by atoms with van der Waals surface area (Å²) in [6.45, 7) is 2.21. The van der Waals surface area contributed by atoms with Crippen LogP contribution in [0.1, 0.15) is 17.7 Å². The predicted octanol–water partition coefficient (Wildman–Crippen LogP) is 0.887. The minimum absolute atomic E-state index is 0.280. The van der Waals surface area contributed by atoms with Crippen molar-refractivity contribution >= 4 is 27.3 Å². The van der Waals surface area contributed by atoms with E-state index in [1.54, 1.807) is 12.1 Å². The van der Waals surface area contributed by atoms with Crippen LogP contribution >= 0.6 is 11.3 Å². The highest BCUT2D eigenvalue weighted by Gasteiger charge is 2.40. The first-order valence-electron chi connectivity index (χ1n) is 5.88. The van der Waals surface area contributed by atoms with E-state index in [-0.39, 0.29) is 4.21 Å². The van der Waals surface area contributed by atoms with Gasteiger partial charge in [-0.15, -0.1) is 11.3 Å². The Morgan fingerprint density at radius 2 is 2.26 bits per heavy atom. The topological polar surface area (TPSA) is 75.7 Å². The van der Waals surface area contributed by atoms with Gasteiger partial charge < -0.3 is 0 Å². The number of sulfonamides is 1. The predicted molar refractivity (Wildman–Crippen MR) is 71.1 cm³/mol. The van der Waals surface area contributed by atoms with Gasteiger partial charge in [0.1, 0.15) is 10.3 Å². The molecular formula is C11H16N2O4S2. The number of thiophene rings is 1. The molecule has 2 rings (SSSR count). The van der Waals surface area contributed by atoms with Crippen LogP contribution in [0.5, 0.6) is 0 Å². The van der Waals surface area contributed by atoms with E-state index in [0.29, 0.717) is 19.4 Å². The molecule has 1 fully saturated rings. The highest BCUT2D eigenvalue weighted by molar-refractivity contribution is 7.91. The van der Waals surface area contributed by atoms with Crippen molar-refractivity contribution in [3.8, 4) is 0 Å². The SMILES string of the molecule is CONC(=O)C1CCCN1S(=O)(=O)c1ccc(C)s1. The summed E-state index contributed by atoms with van der Waals surface area (Å²) in [7, 11) is -2.27. The van der Waals surface area contributed by atoms with Gasteiger partial charge in [0.15, 0.2) is 0 Å². The van der Waals surface area contributed by atoms with Crippen LogP contribution in [0.4, 0.5) is 0 Å². The Kier molecular flexibility index (Phi) is 4.24. The monoisotopic (exact) mass is 304 g/mol. The van der Waals surface area contributed by atoms with Crippen LogP contribution in [0.25, 0.3) is 0 Å². The second kappa shape index (κ2) is 5.58. The number of hydroxylamine groups is 1. The molecule has 0 aliphatic carbocycles. The van der Waals surface area contributed by atoms with E-state index in [1.165, 1.54) is 22.8 Å². The fourth-order valence-electron chi connectivity index (χ4n) is 2.12. The van der Waals surface area contributed by atoms with Crippen LogP contribution in [0.2, 0.25) is 0 Å². The zero-order valence-electron chi connectivity index (χ0n) is 10.8. The molecule has 1 unspecified atom stereocenters. The van der Waals surface area contributed by atoms with Gasteiger partial charge in [0.05, 0.1) is 7.11 Å². The summed E-state index contributed by atoms with van der Waals surface area (Å²) < 4.78 is 26.5. The summed E-state index contributed by atoms with van der Waals surface area (Å²) >= 11 is 1.22. The molecule has 1 aromatic rings. The summed E-state index contributed by atoms with van der Waals surface area (Å²) in [5, 5.41) is 0. The second-order valence-corrected chi connectivity index (χ2v) is 7.71. The lowest BCUT2D eigenvalue weighted by Crippen LogP contribution is -2.45. The summed E-state index contributed by atoms with van der Waals surface area (Å²) in [6.07, 6.45) is 1.18. The minimum Gasteiger partial charge on any atom is -0.277 e. The first-order chi connectivity index (χ1) is 8.96. The van der Waals surface area contributed by atoms with Crippen molar-refractivity contribution in [1.29, 1.82) is 0 Å². The summed E-state index contributed by atoms with van der Waals surface area (Å²) in [4.78, 5) is 17.3. The normalized spacial score (nSPS) is 20.6. The molecule has 1 saturated heterocycles. The average molecular weight is 304 g/mol. The van der Waals surface area contributed by atoms with Crippen LogP contribution in [-0.2, 0) is 19.7 Å². The van der Waals surface area contributed by atoms with Crippen molar-refractivity contribution in [2.75, 3.05) is 13.7 Å². The fraction of sp³-hybridized carbons (Fsp3) is 0.545. The van der Waals surface area contributed by atoms with E-state index in [9.17, 15) is 13.2 Å². The molecule has 1 aromatic heterocycles. The molecule has 0 spiro atoms. The van der Waals surface area contributed by atoms with Crippen molar-refractivity contribution in [2.24, 2.45) is 0 Å². The van der Waals surface area contributed by atoms with Crippen molar-refractivity contribution < 1.29 is 18.0 Å². The lowest BCUT2D eigenvalue weighted by Gasteiger charge is -2.21. The van der Waals surface area contributed by atoms with Gasteiger partial charge in [-0.25, -0.2) is 13.9 Å². The molecule has 1 aliphatic rings. The average Bonchev–Trinajstić information content (AvgIpc) is 2.97. The Labute approximate surface area is 116 Å². The van der Waals surface area contributed by atoms with Crippen LogP contribution in [0, 0.1) is 6.92 Å². The van der Waals surface area contributed by atoms with E-state index in [0.717, 1.165) is 4.88 Å². The van der Waals surface area contributed by atoms with Crippen molar-refractivity contribution in [3.63, 3.8) is 0 Å². The van der Waals surface area contributed by atoms with E-state index in [4.69, 9.17) is 0 Å². The van der Waals surface area contributed by atoms with E-state index < -0.39 is 22.0 Å². The largest absolute Gasteiger partial charge is 0.277 e. The summed E-state index contributed by atoms with van der Waals surface area (Å²) in [5.41, 5.74) is 2.20. The van der Waals surface area contributed by atoms with Gasteiger partial charge >= 0.3 is 0 Å². The van der Waals surface area contributed by atoms with Crippen LogP contribution in [0.3, 0.4) is 0 Å². The lowest BCUT2D eigenvalue weighted by molar-refractivity contribution is -0.134. The second-order valence-electron chi connectivity index (χ2n) is 4.31. The Morgan fingerprint density at radius 1 is 1.53 bits per heavy atom. The number of amides is 1. The molecule has 1 N–H and O–H groups in total. The Balaban J connectivity index is 2.27. The molecule has 0 radical (unpaired) electrons. The van der Waals surface area contributed by atoms with Crippen molar-refractivity contribution in [3.05, 3.63) is 17.0 Å². The van der Waals surface area contributed by atoms with Crippen LogP contribution in [0.15, 0.2) is 16.3 Å². The molecule has 1 amide bonds. The number of nitrogens with one attached hydrogen (secondary N) is 1. The molecule has 6 nitrogen and oxygen atoms in total. The molecule has 19 heavy (non-hydrogen) atoms. The third-order valence-electron chi connectivity index (χ3n) is 2.99. The number of carbonyl (C=O) groups is 1. The Hall–Kier alpha value is -0.960. The molecule has 106 valence electrons. The molecule has 1 aliphatic heterocycles. The zero-order valence-corrected chi connectivity index (χ0v) is 12.4. The molecule has 2 heterocycles. The number of hydrogen-bond acceptors (Lipinski definition) is 5. The highest BCUT2D eigenvalue weighted by Crippen LogP contribution is 2.30. The van der Waals surface area contributed by atoms with Gasteiger partial charge in [0, 0.05) is 11.4 Å². The molecule has 0 saturated carbocycles. The van der Waals surface area contributed by atoms with Gasteiger partial charge in [-0.3, -0.25) is 9.63 Å².